The second kappa shape index (κ2) is 12.1. The number of hydrogen-bond donors (Lipinski definition) is 1. The number of β-amino-alcohol motifs (C(OH)–C–C–N with tert-alkyl or cyclic N) is 1. The average molecular weight is 489 g/mol. The highest BCUT2D eigenvalue weighted by atomic mass is 16.5. The number of Topliss-reactive ketones (excluding diaryl/α,β-unsaturated/α-hetero) is 1. The first-order valence-electron chi connectivity index (χ1n) is 12.6. The van der Waals surface area contributed by atoms with E-state index < -0.39 is 6.10 Å². The highest BCUT2D eigenvalue weighted by Gasteiger charge is 2.21. The third kappa shape index (κ3) is 6.86. The van der Waals surface area contributed by atoms with Crippen LogP contribution in [0.1, 0.15) is 34.0 Å². The van der Waals surface area contributed by atoms with Gasteiger partial charge >= 0.3 is 0 Å². The summed E-state index contributed by atoms with van der Waals surface area (Å²) in [5, 5.41) is 10.7. The number of carbonyl (C=O) groups is 1. The molecule has 6 nitrogen and oxygen atoms in total. The van der Waals surface area contributed by atoms with Crippen LogP contribution in [0.5, 0.6) is 11.5 Å². The van der Waals surface area contributed by atoms with Gasteiger partial charge in [-0.2, -0.15) is 0 Å². The summed E-state index contributed by atoms with van der Waals surface area (Å²) in [6.07, 6.45) is -0.660. The molecule has 0 radical (unpaired) electrons. The summed E-state index contributed by atoms with van der Waals surface area (Å²) in [5.41, 5.74) is 5.41. The van der Waals surface area contributed by atoms with E-state index in [1.807, 2.05) is 30.3 Å². The molecule has 190 valence electrons. The third-order valence-electron chi connectivity index (χ3n) is 6.71. The SMILES string of the molecule is CC(=O)c1ccc(OCc2ccccc2)cc1OCC(O)CN1CCN(c2ccc(C)c(C)c2)CC1. The Balaban J connectivity index is 1.28. The Morgan fingerprint density at radius 2 is 1.67 bits per heavy atom. The summed E-state index contributed by atoms with van der Waals surface area (Å²) in [6, 6.07) is 21.7. The van der Waals surface area contributed by atoms with Crippen molar-refractivity contribution in [2.75, 3.05) is 44.2 Å². The molecule has 0 bridgehead atoms. The van der Waals surface area contributed by atoms with Crippen molar-refractivity contribution in [3.05, 3.63) is 89.0 Å². The molecule has 4 rings (SSSR count). The summed E-state index contributed by atoms with van der Waals surface area (Å²) in [6.45, 7) is 10.5. The van der Waals surface area contributed by atoms with E-state index in [-0.39, 0.29) is 12.4 Å². The topological polar surface area (TPSA) is 62.2 Å². The minimum absolute atomic E-state index is 0.0865. The number of ether oxygens (including phenoxy) is 2. The maximum Gasteiger partial charge on any atom is 0.163 e. The van der Waals surface area contributed by atoms with Crippen molar-refractivity contribution in [1.29, 1.82) is 0 Å². The van der Waals surface area contributed by atoms with Crippen molar-refractivity contribution in [1.82, 2.24) is 4.90 Å². The molecule has 0 aliphatic carbocycles. The maximum atomic E-state index is 12.1. The number of benzene rings is 3. The predicted molar refractivity (Wildman–Crippen MR) is 143 cm³/mol. The van der Waals surface area contributed by atoms with Crippen LogP contribution in [0.15, 0.2) is 66.7 Å². The normalized spacial score (nSPS) is 14.9. The standard InChI is InChI=1S/C30H36N2O4/c1-22-9-10-26(17-23(22)2)32-15-13-31(14-16-32)19-27(34)21-36-30-18-28(11-12-29(30)24(3)33)35-20-25-7-5-4-6-8-25/h4-12,17-18,27,34H,13-16,19-21H2,1-3H3. The lowest BCUT2D eigenvalue weighted by Gasteiger charge is -2.37. The van der Waals surface area contributed by atoms with Crippen molar-refractivity contribution in [3.8, 4) is 11.5 Å². The van der Waals surface area contributed by atoms with E-state index in [4.69, 9.17) is 9.47 Å². The molecule has 1 unspecified atom stereocenters. The van der Waals surface area contributed by atoms with Crippen LogP contribution in [0.4, 0.5) is 5.69 Å². The van der Waals surface area contributed by atoms with E-state index in [1.165, 1.54) is 23.7 Å². The first-order valence-corrected chi connectivity index (χ1v) is 12.6. The Bertz CT molecular complexity index is 1160. The highest BCUT2D eigenvalue weighted by molar-refractivity contribution is 5.97. The zero-order valence-electron chi connectivity index (χ0n) is 21.4. The number of rotatable bonds is 10. The number of piperazine rings is 1. The van der Waals surface area contributed by atoms with Crippen LogP contribution >= 0.6 is 0 Å². The van der Waals surface area contributed by atoms with Gasteiger partial charge in [0, 0.05) is 44.5 Å². The Morgan fingerprint density at radius 1 is 0.917 bits per heavy atom. The molecule has 0 amide bonds. The lowest BCUT2D eigenvalue weighted by atomic mass is 10.1. The van der Waals surface area contributed by atoms with Crippen molar-refractivity contribution >= 4 is 11.5 Å². The maximum absolute atomic E-state index is 12.1. The number of aliphatic hydroxyl groups excluding tert-OH is 1. The average Bonchev–Trinajstić information content (AvgIpc) is 2.89. The molecule has 0 saturated carbocycles. The van der Waals surface area contributed by atoms with E-state index >= 15 is 0 Å². The van der Waals surface area contributed by atoms with E-state index in [0.717, 1.165) is 31.7 Å². The molecule has 0 spiro atoms. The molecule has 1 fully saturated rings. The van der Waals surface area contributed by atoms with Crippen molar-refractivity contribution < 1.29 is 19.4 Å². The Labute approximate surface area is 214 Å². The van der Waals surface area contributed by atoms with E-state index in [0.29, 0.717) is 30.2 Å². The van der Waals surface area contributed by atoms with Gasteiger partial charge in [-0.1, -0.05) is 36.4 Å². The van der Waals surface area contributed by atoms with Crippen molar-refractivity contribution in [2.45, 2.75) is 33.5 Å². The lowest BCUT2D eigenvalue weighted by Crippen LogP contribution is -2.49. The summed E-state index contributed by atoms with van der Waals surface area (Å²) in [4.78, 5) is 16.8. The highest BCUT2D eigenvalue weighted by Crippen LogP contribution is 2.27. The molecule has 1 aliphatic rings. The molecule has 6 heteroatoms. The fraction of sp³-hybridized carbons (Fsp3) is 0.367. The fourth-order valence-corrected chi connectivity index (χ4v) is 4.39. The predicted octanol–water partition coefficient (Wildman–Crippen LogP) is 4.65. The number of hydrogen-bond acceptors (Lipinski definition) is 6. The molecule has 1 heterocycles. The van der Waals surface area contributed by atoms with Gasteiger partial charge in [-0.15, -0.1) is 0 Å². The molecule has 3 aromatic carbocycles. The molecule has 1 saturated heterocycles. The summed E-state index contributed by atoms with van der Waals surface area (Å²) < 4.78 is 11.8. The minimum atomic E-state index is -0.660. The first-order chi connectivity index (χ1) is 17.4. The van der Waals surface area contributed by atoms with Gasteiger partial charge in [0.1, 0.15) is 30.8 Å². The zero-order chi connectivity index (χ0) is 25.5. The number of aliphatic hydroxyl groups is 1. The van der Waals surface area contributed by atoms with E-state index in [1.54, 1.807) is 18.2 Å². The van der Waals surface area contributed by atoms with Gasteiger partial charge in [0.25, 0.3) is 0 Å². The molecule has 36 heavy (non-hydrogen) atoms. The molecule has 1 N–H and O–H groups in total. The number of carbonyl (C=O) groups excluding carboxylic acids is 1. The van der Waals surface area contributed by atoms with Gasteiger partial charge in [0.2, 0.25) is 0 Å². The van der Waals surface area contributed by atoms with Crippen molar-refractivity contribution in [2.24, 2.45) is 0 Å². The lowest BCUT2D eigenvalue weighted by molar-refractivity contribution is 0.0655. The van der Waals surface area contributed by atoms with Gasteiger partial charge in [0.15, 0.2) is 5.78 Å². The molecule has 1 aliphatic heterocycles. The molecule has 1 atom stereocenters. The smallest absolute Gasteiger partial charge is 0.163 e. The van der Waals surface area contributed by atoms with E-state index in [2.05, 4.69) is 41.8 Å². The summed E-state index contributed by atoms with van der Waals surface area (Å²) in [7, 11) is 0. The number of nitrogens with zero attached hydrogens (tertiary/aromatic N) is 2. The van der Waals surface area contributed by atoms with Crippen LogP contribution in [0.2, 0.25) is 0 Å². The van der Waals surface area contributed by atoms with Crippen LogP contribution in [0.3, 0.4) is 0 Å². The molecular formula is C30H36N2O4. The number of ketones is 1. The summed E-state index contributed by atoms with van der Waals surface area (Å²) in [5.74, 6) is 0.971. The minimum Gasteiger partial charge on any atom is -0.490 e. The van der Waals surface area contributed by atoms with Gasteiger partial charge in [0.05, 0.1) is 5.56 Å². The van der Waals surface area contributed by atoms with Crippen LogP contribution in [-0.4, -0.2) is 61.2 Å². The zero-order valence-corrected chi connectivity index (χ0v) is 21.4. The Hall–Kier alpha value is -3.35. The third-order valence-corrected chi connectivity index (χ3v) is 6.71. The monoisotopic (exact) mass is 488 g/mol. The van der Waals surface area contributed by atoms with Gasteiger partial charge in [-0.05, 0) is 61.7 Å². The molecular weight excluding hydrogens is 452 g/mol. The molecule has 3 aromatic rings. The first kappa shape index (κ1) is 25.7. The fourth-order valence-electron chi connectivity index (χ4n) is 4.39. The van der Waals surface area contributed by atoms with Gasteiger partial charge < -0.3 is 19.5 Å². The molecule has 0 aromatic heterocycles. The van der Waals surface area contributed by atoms with Crippen LogP contribution < -0.4 is 14.4 Å². The largest absolute Gasteiger partial charge is 0.490 e. The summed E-state index contributed by atoms with van der Waals surface area (Å²) >= 11 is 0. The Kier molecular flexibility index (Phi) is 8.62. The van der Waals surface area contributed by atoms with Gasteiger partial charge in [-0.25, -0.2) is 0 Å². The van der Waals surface area contributed by atoms with Crippen LogP contribution in [-0.2, 0) is 6.61 Å². The van der Waals surface area contributed by atoms with Crippen LogP contribution in [0.25, 0.3) is 0 Å². The van der Waals surface area contributed by atoms with Gasteiger partial charge in [-0.3, -0.25) is 9.69 Å². The second-order valence-electron chi connectivity index (χ2n) is 9.51. The quantitative estimate of drug-likeness (QED) is 0.419. The van der Waals surface area contributed by atoms with Crippen molar-refractivity contribution in [3.63, 3.8) is 0 Å². The Morgan fingerprint density at radius 3 is 2.36 bits per heavy atom. The number of anilines is 1. The number of aryl methyl sites for hydroxylation is 2. The van der Waals surface area contributed by atoms with E-state index in [9.17, 15) is 9.90 Å². The second-order valence-corrected chi connectivity index (χ2v) is 9.51. The van der Waals surface area contributed by atoms with Crippen LogP contribution in [0, 0.1) is 13.8 Å².